The number of primary amides is 1. The van der Waals surface area contributed by atoms with Gasteiger partial charge in [0.05, 0.1) is 12.7 Å². The molecule has 0 unspecified atom stereocenters. The molecule has 2 rings (SSSR count). The molecule has 160 valence electrons. The molecular weight excluding hydrogens is 364 g/mol. The number of carbonyl (C=O) groups is 1. The third-order valence-electron chi connectivity index (χ3n) is 5.45. The van der Waals surface area contributed by atoms with E-state index in [0.717, 1.165) is 73.4 Å². The van der Waals surface area contributed by atoms with Gasteiger partial charge in [-0.15, -0.1) is 0 Å². The maximum Gasteiger partial charge on any atom is 0.251 e. The minimum atomic E-state index is -0.369. The molecule has 1 heterocycles. The monoisotopic (exact) mass is 400 g/mol. The number of ether oxygens (including phenoxy) is 2. The van der Waals surface area contributed by atoms with Crippen LogP contribution in [0.1, 0.15) is 66.8 Å². The number of amides is 1. The summed E-state index contributed by atoms with van der Waals surface area (Å²) in [6, 6.07) is 6.09. The Bertz CT molecular complexity index is 824. The van der Waals surface area contributed by atoms with E-state index >= 15 is 0 Å². The van der Waals surface area contributed by atoms with E-state index in [0.29, 0.717) is 12.2 Å². The molecule has 0 aliphatic heterocycles. The minimum Gasteiger partial charge on any atom is -0.496 e. The van der Waals surface area contributed by atoms with Gasteiger partial charge in [-0.05, 0) is 63.3 Å². The van der Waals surface area contributed by atoms with Crippen molar-refractivity contribution in [2.75, 3.05) is 20.3 Å². The summed E-state index contributed by atoms with van der Waals surface area (Å²) in [6.45, 7) is 10.5. The Labute approximate surface area is 175 Å². The summed E-state index contributed by atoms with van der Waals surface area (Å²) in [5.41, 5.74) is 11.7. The van der Waals surface area contributed by atoms with E-state index < -0.39 is 0 Å². The van der Waals surface area contributed by atoms with Crippen molar-refractivity contribution in [2.24, 2.45) is 5.73 Å². The summed E-state index contributed by atoms with van der Waals surface area (Å²) in [5.74, 6) is 0.473. The number of benzene rings is 1. The zero-order valence-corrected chi connectivity index (χ0v) is 18.6. The first-order chi connectivity index (χ1) is 14.0. The molecular formula is C24H36N2O3. The second-order valence-electron chi connectivity index (χ2n) is 7.49. The van der Waals surface area contributed by atoms with Crippen molar-refractivity contribution in [3.63, 3.8) is 0 Å². The molecule has 0 atom stereocenters. The predicted octanol–water partition coefficient (Wildman–Crippen LogP) is 5.04. The van der Waals surface area contributed by atoms with Gasteiger partial charge < -0.3 is 19.8 Å². The number of aryl methyl sites for hydroxylation is 1. The van der Waals surface area contributed by atoms with E-state index in [1.165, 1.54) is 5.69 Å². The second-order valence-corrected chi connectivity index (χ2v) is 7.49. The van der Waals surface area contributed by atoms with Crippen LogP contribution in [-0.2, 0) is 17.7 Å². The number of nitrogens with zero attached hydrogens (tertiary/aromatic N) is 1. The third-order valence-corrected chi connectivity index (χ3v) is 5.45. The number of nitrogens with two attached hydrogens (primary N) is 1. The lowest BCUT2D eigenvalue weighted by Gasteiger charge is -2.14. The molecule has 1 amide bonds. The zero-order chi connectivity index (χ0) is 21.4. The van der Waals surface area contributed by atoms with Gasteiger partial charge in [0, 0.05) is 36.7 Å². The fourth-order valence-electron chi connectivity index (χ4n) is 4.02. The van der Waals surface area contributed by atoms with E-state index in [-0.39, 0.29) is 5.91 Å². The Morgan fingerprint density at radius 2 is 1.90 bits per heavy atom. The molecule has 2 N–H and O–H groups in total. The Kier molecular flexibility index (Phi) is 8.77. The fraction of sp³-hybridized carbons (Fsp3) is 0.542. The minimum absolute atomic E-state index is 0.369. The molecule has 5 heteroatoms. The van der Waals surface area contributed by atoms with Crippen LogP contribution in [0.15, 0.2) is 18.2 Å². The average Bonchev–Trinajstić information content (AvgIpc) is 2.97. The van der Waals surface area contributed by atoms with Crippen LogP contribution in [0.25, 0.3) is 11.1 Å². The lowest BCUT2D eigenvalue weighted by atomic mass is 9.96. The maximum atomic E-state index is 12.5. The molecule has 0 bridgehead atoms. The molecule has 0 aliphatic rings. The highest BCUT2D eigenvalue weighted by molar-refractivity contribution is 6.02. The summed E-state index contributed by atoms with van der Waals surface area (Å²) in [4.78, 5) is 12.5. The van der Waals surface area contributed by atoms with Crippen molar-refractivity contribution in [1.82, 2.24) is 4.57 Å². The quantitative estimate of drug-likeness (QED) is 0.508. The molecule has 0 spiro atoms. The highest BCUT2D eigenvalue weighted by Gasteiger charge is 2.24. The Balaban J connectivity index is 2.58. The van der Waals surface area contributed by atoms with Gasteiger partial charge in [-0.25, -0.2) is 0 Å². The van der Waals surface area contributed by atoms with Crippen LogP contribution in [0.3, 0.4) is 0 Å². The van der Waals surface area contributed by atoms with Crippen molar-refractivity contribution < 1.29 is 14.3 Å². The lowest BCUT2D eigenvalue weighted by molar-refractivity contribution is 0.1000. The van der Waals surface area contributed by atoms with Gasteiger partial charge in [0.15, 0.2) is 0 Å². The van der Waals surface area contributed by atoms with Crippen LogP contribution < -0.4 is 10.5 Å². The van der Waals surface area contributed by atoms with Crippen LogP contribution in [0, 0.1) is 13.8 Å². The molecule has 0 saturated carbocycles. The standard InChI is InChI=1S/C24H36N2O3/c1-6-8-9-11-20-23(19-12-13-21(28-5)17(3)16-19)22(24(25)27)18(4)26(20)14-10-15-29-7-2/h12-13,16H,6-11,14-15H2,1-5H3,(H2,25,27). The Morgan fingerprint density at radius 1 is 1.14 bits per heavy atom. The molecule has 2 aromatic rings. The van der Waals surface area contributed by atoms with Crippen LogP contribution in [-0.4, -0.2) is 30.8 Å². The maximum absolute atomic E-state index is 12.5. The van der Waals surface area contributed by atoms with E-state index in [4.69, 9.17) is 15.2 Å². The highest BCUT2D eigenvalue weighted by Crippen LogP contribution is 2.36. The van der Waals surface area contributed by atoms with Crippen LogP contribution >= 0.6 is 0 Å². The normalized spacial score (nSPS) is 11.1. The fourth-order valence-corrected chi connectivity index (χ4v) is 4.02. The first kappa shape index (κ1) is 23.0. The molecule has 1 aromatic heterocycles. The van der Waals surface area contributed by atoms with Gasteiger partial charge in [-0.3, -0.25) is 4.79 Å². The van der Waals surface area contributed by atoms with E-state index in [1.54, 1.807) is 7.11 Å². The molecule has 0 fully saturated rings. The number of unbranched alkanes of at least 4 members (excludes halogenated alkanes) is 2. The first-order valence-electron chi connectivity index (χ1n) is 10.7. The predicted molar refractivity (Wildman–Crippen MR) is 119 cm³/mol. The van der Waals surface area contributed by atoms with Crippen LogP contribution in [0.5, 0.6) is 5.75 Å². The summed E-state index contributed by atoms with van der Waals surface area (Å²) in [7, 11) is 1.67. The van der Waals surface area contributed by atoms with E-state index in [9.17, 15) is 4.79 Å². The van der Waals surface area contributed by atoms with Crippen molar-refractivity contribution >= 4 is 5.91 Å². The number of aromatic nitrogens is 1. The molecule has 29 heavy (non-hydrogen) atoms. The van der Waals surface area contributed by atoms with Gasteiger partial charge >= 0.3 is 0 Å². The number of hydrogen-bond acceptors (Lipinski definition) is 3. The lowest BCUT2D eigenvalue weighted by Crippen LogP contribution is -2.14. The van der Waals surface area contributed by atoms with Crippen molar-refractivity contribution in [3.8, 4) is 16.9 Å². The van der Waals surface area contributed by atoms with E-state index in [2.05, 4.69) is 17.6 Å². The van der Waals surface area contributed by atoms with Gasteiger partial charge in [-0.2, -0.15) is 0 Å². The van der Waals surface area contributed by atoms with Crippen LogP contribution in [0.4, 0.5) is 0 Å². The Morgan fingerprint density at radius 3 is 2.48 bits per heavy atom. The largest absolute Gasteiger partial charge is 0.496 e. The SMILES string of the molecule is CCCCCc1c(-c2ccc(OC)c(C)c2)c(C(N)=O)c(C)n1CCCOCC. The van der Waals surface area contributed by atoms with Gasteiger partial charge in [0.2, 0.25) is 0 Å². The van der Waals surface area contributed by atoms with Crippen LogP contribution in [0.2, 0.25) is 0 Å². The summed E-state index contributed by atoms with van der Waals surface area (Å²) in [5, 5.41) is 0. The third kappa shape index (κ3) is 5.41. The van der Waals surface area contributed by atoms with Gasteiger partial charge in [-0.1, -0.05) is 25.8 Å². The van der Waals surface area contributed by atoms with Gasteiger partial charge in [0.25, 0.3) is 5.91 Å². The molecule has 0 saturated heterocycles. The number of carbonyl (C=O) groups excluding carboxylic acids is 1. The molecule has 0 radical (unpaired) electrons. The molecule has 5 nitrogen and oxygen atoms in total. The molecule has 1 aromatic carbocycles. The Hall–Kier alpha value is -2.27. The van der Waals surface area contributed by atoms with Gasteiger partial charge in [0.1, 0.15) is 5.75 Å². The van der Waals surface area contributed by atoms with E-state index in [1.807, 2.05) is 32.9 Å². The highest BCUT2D eigenvalue weighted by atomic mass is 16.5. The summed E-state index contributed by atoms with van der Waals surface area (Å²) >= 11 is 0. The number of rotatable bonds is 12. The van der Waals surface area contributed by atoms with Crippen molar-refractivity contribution in [1.29, 1.82) is 0 Å². The topological polar surface area (TPSA) is 66.5 Å². The summed E-state index contributed by atoms with van der Waals surface area (Å²) in [6.07, 6.45) is 5.24. The average molecular weight is 401 g/mol. The number of methoxy groups -OCH3 is 1. The second kappa shape index (κ2) is 11.1. The number of hydrogen-bond donors (Lipinski definition) is 1. The first-order valence-corrected chi connectivity index (χ1v) is 10.7. The van der Waals surface area contributed by atoms with Crippen molar-refractivity contribution in [2.45, 2.75) is 66.3 Å². The smallest absolute Gasteiger partial charge is 0.251 e. The zero-order valence-electron chi connectivity index (χ0n) is 18.6. The van der Waals surface area contributed by atoms with Crippen molar-refractivity contribution in [3.05, 3.63) is 40.7 Å². The molecule has 0 aliphatic carbocycles. The summed E-state index contributed by atoms with van der Waals surface area (Å²) < 4.78 is 13.2.